The molecule has 0 aromatic rings. The van der Waals surface area contributed by atoms with Crippen molar-refractivity contribution in [1.29, 1.82) is 0 Å². The molecular formula is H3K2OS+. The van der Waals surface area contributed by atoms with E-state index in [-0.39, 0.29) is 122 Å². The molecule has 0 aliphatic rings. The fourth-order valence-corrected chi connectivity index (χ4v) is 0. The van der Waals surface area contributed by atoms with Gasteiger partial charge >= 0.3 is 103 Å². The summed E-state index contributed by atoms with van der Waals surface area (Å²) in [6, 6.07) is 0. The van der Waals surface area contributed by atoms with E-state index >= 15 is 0 Å². The average Bonchev–Trinajstić information content (AvgIpc) is 0. The van der Waals surface area contributed by atoms with Crippen LogP contribution in [0.1, 0.15) is 0 Å². The van der Waals surface area contributed by atoms with Crippen LogP contribution < -0.4 is 103 Å². The Balaban J connectivity index is 0. The van der Waals surface area contributed by atoms with Gasteiger partial charge in [0.25, 0.3) is 0 Å². The van der Waals surface area contributed by atoms with Gasteiger partial charge in [-0.05, 0) is 0 Å². The molecule has 0 aliphatic carbocycles. The first-order valence-corrected chi connectivity index (χ1v) is 0. The van der Waals surface area contributed by atoms with Crippen LogP contribution in [0, 0.1) is 0 Å². The quantitative estimate of drug-likeness (QED) is 0.182. The van der Waals surface area contributed by atoms with Gasteiger partial charge in [-0.3, -0.25) is 0 Å². The SMILES string of the molecule is O.[K+].[K+].[SH-]. The van der Waals surface area contributed by atoms with Crippen molar-refractivity contribution in [1.82, 2.24) is 0 Å². The Morgan fingerprint density at radius 3 is 0.750 bits per heavy atom. The molecule has 0 aromatic heterocycles. The molecule has 0 heterocycles. The normalized spacial score (nSPS) is 0. The van der Waals surface area contributed by atoms with Gasteiger partial charge in [0.15, 0.2) is 0 Å². The Morgan fingerprint density at radius 2 is 0.750 bits per heavy atom. The molecule has 1 nitrogen and oxygen atoms in total. The van der Waals surface area contributed by atoms with Gasteiger partial charge < -0.3 is 19.0 Å². The van der Waals surface area contributed by atoms with E-state index in [0.29, 0.717) is 0 Å². The Morgan fingerprint density at radius 1 is 0.750 bits per heavy atom. The largest absolute Gasteiger partial charge is 1.00 e. The molecule has 0 aromatic carbocycles. The Bertz CT molecular complexity index is 6.00. The van der Waals surface area contributed by atoms with Crippen molar-refractivity contribution < 1.29 is 108 Å². The number of hydrogen-bond donors (Lipinski definition) is 0. The standard InChI is InChI=1S/2K.H2O.H2S/h;;2*1H2/q2*+1;;/p-1. The van der Waals surface area contributed by atoms with Crippen LogP contribution in [0.3, 0.4) is 0 Å². The van der Waals surface area contributed by atoms with Gasteiger partial charge in [0, 0.05) is 0 Å². The average molecular weight is 129 g/mol. The van der Waals surface area contributed by atoms with Gasteiger partial charge in [0.05, 0.1) is 0 Å². The molecule has 2 N–H and O–H groups in total. The molecule has 4 heavy (non-hydrogen) atoms. The maximum Gasteiger partial charge on any atom is 1.00 e. The fraction of sp³-hybridized carbons (Fsp3) is 0. The van der Waals surface area contributed by atoms with Crippen molar-refractivity contribution >= 4 is 13.5 Å². The third kappa shape index (κ3) is 9.13. The number of thiol groups is 1. The summed E-state index contributed by atoms with van der Waals surface area (Å²) < 4.78 is 0. The molecule has 0 rings (SSSR count). The van der Waals surface area contributed by atoms with Gasteiger partial charge in [-0.15, -0.1) is 0 Å². The van der Waals surface area contributed by atoms with Crippen LogP contribution in [-0.2, 0) is 13.5 Å². The van der Waals surface area contributed by atoms with E-state index in [1.807, 2.05) is 0 Å². The van der Waals surface area contributed by atoms with E-state index in [2.05, 4.69) is 0 Å². The van der Waals surface area contributed by atoms with Crippen LogP contribution in [0.2, 0.25) is 0 Å². The Hall–Kier alpha value is 3.58. The summed E-state index contributed by atoms with van der Waals surface area (Å²) in [4.78, 5) is 0. The maximum atomic E-state index is 0. The molecule has 0 amide bonds. The van der Waals surface area contributed by atoms with E-state index in [1.54, 1.807) is 0 Å². The van der Waals surface area contributed by atoms with E-state index in [4.69, 9.17) is 0 Å². The summed E-state index contributed by atoms with van der Waals surface area (Å²) >= 11 is 0. The molecular weight excluding hydrogens is 126 g/mol. The van der Waals surface area contributed by atoms with Gasteiger partial charge in [-0.25, -0.2) is 0 Å². The zero-order valence-corrected chi connectivity index (χ0v) is 10.1. The first kappa shape index (κ1) is 25.6. The first-order chi connectivity index (χ1) is 0. The molecule has 0 saturated heterocycles. The topological polar surface area (TPSA) is 31.5 Å². The van der Waals surface area contributed by atoms with Crippen LogP contribution in [0.25, 0.3) is 0 Å². The summed E-state index contributed by atoms with van der Waals surface area (Å²) in [5.41, 5.74) is 0. The second-order valence-electron chi connectivity index (χ2n) is 0. The molecule has 0 saturated carbocycles. The molecule has 4 heteroatoms. The van der Waals surface area contributed by atoms with Crippen LogP contribution in [0.4, 0.5) is 0 Å². The molecule has 16 valence electrons. The molecule has 0 spiro atoms. The van der Waals surface area contributed by atoms with E-state index in [9.17, 15) is 0 Å². The van der Waals surface area contributed by atoms with Gasteiger partial charge in [-0.2, -0.15) is 0 Å². The van der Waals surface area contributed by atoms with Crippen molar-refractivity contribution in [2.45, 2.75) is 0 Å². The third-order valence-electron chi connectivity index (χ3n) is 0. The second-order valence-corrected chi connectivity index (χ2v) is 0. The van der Waals surface area contributed by atoms with Crippen molar-refractivity contribution in [2.75, 3.05) is 0 Å². The zero-order chi connectivity index (χ0) is 0. The monoisotopic (exact) mass is 129 g/mol. The van der Waals surface area contributed by atoms with Crippen molar-refractivity contribution in [2.24, 2.45) is 0 Å². The smallest absolute Gasteiger partial charge is 0.813 e. The van der Waals surface area contributed by atoms with Crippen LogP contribution >= 0.6 is 0 Å². The van der Waals surface area contributed by atoms with Gasteiger partial charge in [0.2, 0.25) is 0 Å². The molecule has 0 unspecified atom stereocenters. The van der Waals surface area contributed by atoms with Crippen molar-refractivity contribution in [3.05, 3.63) is 0 Å². The predicted molar refractivity (Wildman–Crippen MR) is 12.4 cm³/mol. The molecule has 0 bridgehead atoms. The summed E-state index contributed by atoms with van der Waals surface area (Å²) in [5.74, 6) is 0. The Kier molecular flexibility index (Phi) is 102. The van der Waals surface area contributed by atoms with E-state index in [0.717, 1.165) is 0 Å². The minimum atomic E-state index is 0. The summed E-state index contributed by atoms with van der Waals surface area (Å²) in [6.45, 7) is 0. The van der Waals surface area contributed by atoms with E-state index < -0.39 is 0 Å². The predicted octanol–water partition coefficient (Wildman–Crippen LogP) is -7.09. The number of hydrogen-bond acceptors (Lipinski definition) is 1. The summed E-state index contributed by atoms with van der Waals surface area (Å²) in [7, 11) is 0. The minimum absolute atomic E-state index is 0. The second kappa shape index (κ2) is 16.0. The Labute approximate surface area is 118 Å². The summed E-state index contributed by atoms with van der Waals surface area (Å²) in [6.07, 6.45) is 0. The van der Waals surface area contributed by atoms with Crippen molar-refractivity contribution in [3.63, 3.8) is 0 Å². The maximum absolute atomic E-state index is 0. The molecule has 0 radical (unpaired) electrons. The number of rotatable bonds is 0. The summed E-state index contributed by atoms with van der Waals surface area (Å²) in [5, 5.41) is 0. The molecule has 0 aliphatic heterocycles. The van der Waals surface area contributed by atoms with Crippen LogP contribution in [0.15, 0.2) is 0 Å². The van der Waals surface area contributed by atoms with Crippen LogP contribution in [-0.4, -0.2) is 5.48 Å². The first-order valence-electron chi connectivity index (χ1n) is 0. The van der Waals surface area contributed by atoms with Gasteiger partial charge in [0.1, 0.15) is 0 Å². The van der Waals surface area contributed by atoms with Crippen LogP contribution in [0.5, 0.6) is 0 Å². The van der Waals surface area contributed by atoms with Gasteiger partial charge in [-0.1, -0.05) is 0 Å². The third-order valence-corrected chi connectivity index (χ3v) is 0. The molecule has 0 atom stereocenters. The molecule has 0 fully saturated rings. The zero-order valence-electron chi connectivity index (χ0n) is 2.95. The van der Waals surface area contributed by atoms with Crippen molar-refractivity contribution in [3.8, 4) is 0 Å². The van der Waals surface area contributed by atoms with E-state index in [1.165, 1.54) is 0 Å². The minimum Gasteiger partial charge on any atom is -0.813 e. The fourth-order valence-electron chi connectivity index (χ4n) is 0.